The SMILES string of the molecule is CC(=O)N1CCCC1c1nc(CCOCC2CCCC2)no1. The molecule has 1 saturated heterocycles. The lowest BCUT2D eigenvalue weighted by Gasteiger charge is -2.19. The van der Waals surface area contributed by atoms with Gasteiger partial charge in [0.1, 0.15) is 6.04 Å². The van der Waals surface area contributed by atoms with Gasteiger partial charge in [-0.15, -0.1) is 0 Å². The van der Waals surface area contributed by atoms with Gasteiger partial charge < -0.3 is 14.2 Å². The van der Waals surface area contributed by atoms with E-state index in [1.807, 2.05) is 4.90 Å². The van der Waals surface area contributed by atoms with Crippen molar-refractivity contribution in [2.24, 2.45) is 5.92 Å². The van der Waals surface area contributed by atoms with Crippen molar-refractivity contribution in [2.75, 3.05) is 19.8 Å². The van der Waals surface area contributed by atoms with Gasteiger partial charge in [0.25, 0.3) is 0 Å². The smallest absolute Gasteiger partial charge is 0.249 e. The predicted octanol–water partition coefficient (Wildman–Crippen LogP) is 2.50. The molecule has 22 heavy (non-hydrogen) atoms. The second-order valence-electron chi connectivity index (χ2n) is 6.39. The fourth-order valence-corrected chi connectivity index (χ4v) is 3.50. The highest BCUT2D eigenvalue weighted by atomic mass is 16.5. The van der Waals surface area contributed by atoms with Crippen molar-refractivity contribution in [1.82, 2.24) is 15.0 Å². The molecule has 1 saturated carbocycles. The zero-order chi connectivity index (χ0) is 15.4. The van der Waals surface area contributed by atoms with Crippen LogP contribution in [-0.4, -0.2) is 40.7 Å². The highest BCUT2D eigenvalue weighted by molar-refractivity contribution is 5.73. The van der Waals surface area contributed by atoms with E-state index in [9.17, 15) is 4.79 Å². The molecule has 1 aromatic rings. The summed E-state index contributed by atoms with van der Waals surface area (Å²) in [6.45, 7) is 3.86. The van der Waals surface area contributed by atoms with Crippen molar-refractivity contribution in [1.29, 1.82) is 0 Å². The number of likely N-dealkylation sites (tertiary alicyclic amines) is 1. The molecular weight excluding hydrogens is 282 g/mol. The van der Waals surface area contributed by atoms with Crippen molar-refractivity contribution in [2.45, 2.75) is 57.9 Å². The van der Waals surface area contributed by atoms with Gasteiger partial charge in [0, 0.05) is 26.5 Å². The van der Waals surface area contributed by atoms with Crippen LogP contribution in [0.15, 0.2) is 4.52 Å². The topological polar surface area (TPSA) is 68.5 Å². The second kappa shape index (κ2) is 7.22. The molecule has 0 spiro atoms. The van der Waals surface area contributed by atoms with Crippen LogP contribution in [-0.2, 0) is 16.0 Å². The maximum atomic E-state index is 11.6. The van der Waals surface area contributed by atoms with Gasteiger partial charge in [-0.2, -0.15) is 4.98 Å². The first-order chi connectivity index (χ1) is 10.7. The van der Waals surface area contributed by atoms with Crippen LogP contribution in [0.1, 0.15) is 63.2 Å². The standard InChI is InChI=1S/C16H25N3O3/c1-12(20)19-9-4-7-14(19)16-17-15(18-22-16)8-10-21-11-13-5-2-3-6-13/h13-14H,2-11H2,1H3. The minimum Gasteiger partial charge on any atom is -0.381 e. The van der Waals surface area contributed by atoms with Crippen LogP contribution in [0.5, 0.6) is 0 Å². The van der Waals surface area contributed by atoms with Crippen molar-refractivity contribution < 1.29 is 14.1 Å². The van der Waals surface area contributed by atoms with Crippen LogP contribution in [0.2, 0.25) is 0 Å². The van der Waals surface area contributed by atoms with Crippen LogP contribution < -0.4 is 0 Å². The van der Waals surface area contributed by atoms with E-state index >= 15 is 0 Å². The molecule has 2 heterocycles. The first-order valence-corrected chi connectivity index (χ1v) is 8.41. The van der Waals surface area contributed by atoms with E-state index in [1.165, 1.54) is 25.7 Å². The molecule has 0 radical (unpaired) electrons. The Morgan fingerprint density at radius 3 is 2.91 bits per heavy atom. The number of carbonyl (C=O) groups excluding carboxylic acids is 1. The molecule has 1 atom stereocenters. The number of rotatable bonds is 6. The van der Waals surface area contributed by atoms with E-state index in [0.29, 0.717) is 24.7 Å². The number of aromatic nitrogens is 2. The van der Waals surface area contributed by atoms with Crippen LogP contribution in [0, 0.1) is 5.92 Å². The second-order valence-corrected chi connectivity index (χ2v) is 6.39. The van der Waals surface area contributed by atoms with Gasteiger partial charge in [0.2, 0.25) is 11.8 Å². The third kappa shape index (κ3) is 3.66. The maximum absolute atomic E-state index is 11.6. The average Bonchev–Trinajstić information content (AvgIpc) is 3.23. The molecule has 0 bridgehead atoms. The van der Waals surface area contributed by atoms with E-state index in [4.69, 9.17) is 9.26 Å². The predicted molar refractivity (Wildman–Crippen MR) is 80.1 cm³/mol. The van der Waals surface area contributed by atoms with Gasteiger partial charge in [-0.05, 0) is 31.6 Å². The van der Waals surface area contributed by atoms with Gasteiger partial charge in [0.15, 0.2) is 5.82 Å². The van der Waals surface area contributed by atoms with Crippen molar-refractivity contribution in [3.63, 3.8) is 0 Å². The summed E-state index contributed by atoms with van der Waals surface area (Å²) in [4.78, 5) is 17.8. The van der Waals surface area contributed by atoms with E-state index in [0.717, 1.165) is 31.9 Å². The van der Waals surface area contributed by atoms with Gasteiger partial charge in [-0.25, -0.2) is 0 Å². The molecule has 0 aromatic carbocycles. The maximum Gasteiger partial charge on any atom is 0.249 e. The van der Waals surface area contributed by atoms with E-state index in [2.05, 4.69) is 10.1 Å². The molecule has 122 valence electrons. The summed E-state index contributed by atoms with van der Waals surface area (Å²) < 4.78 is 11.1. The van der Waals surface area contributed by atoms with Crippen LogP contribution in [0.4, 0.5) is 0 Å². The molecule has 1 unspecified atom stereocenters. The summed E-state index contributed by atoms with van der Waals surface area (Å²) in [6, 6.07) is -0.0434. The van der Waals surface area contributed by atoms with Gasteiger partial charge in [-0.1, -0.05) is 18.0 Å². The Balaban J connectivity index is 1.45. The molecule has 1 aliphatic carbocycles. The molecule has 3 rings (SSSR count). The number of nitrogens with zero attached hydrogens (tertiary/aromatic N) is 3. The highest BCUT2D eigenvalue weighted by Gasteiger charge is 2.32. The third-order valence-corrected chi connectivity index (χ3v) is 4.72. The van der Waals surface area contributed by atoms with E-state index < -0.39 is 0 Å². The lowest BCUT2D eigenvalue weighted by Crippen LogP contribution is -2.28. The summed E-state index contributed by atoms with van der Waals surface area (Å²) in [6.07, 6.45) is 7.85. The van der Waals surface area contributed by atoms with Crippen LogP contribution in [0.3, 0.4) is 0 Å². The quantitative estimate of drug-likeness (QED) is 0.755. The molecule has 6 heteroatoms. The lowest BCUT2D eigenvalue weighted by molar-refractivity contribution is -0.130. The molecular formula is C16H25N3O3. The molecule has 1 aliphatic heterocycles. The van der Waals surface area contributed by atoms with Gasteiger partial charge >= 0.3 is 0 Å². The first-order valence-electron chi connectivity index (χ1n) is 8.41. The van der Waals surface area contributed by atoms with Gasteiger partial charge in [-0.3, -0.25) is 4.79 Å². The Labute approximate surface area is 131 Å². The minimum atomic E-state index is -0.0434. The summed E-state index contributed by atoms with van der Waals surface area (Å²) in [5.74, 6) is 2.06. The highest BCUT2D eigenvalue weighted by Crippen LogP contribution is 2.30. The fourth-order valence-electron chi connectivity index (χ4n) is 3.50. The number of ether oxygens (including phenoxy) is 1. The molecule has 0 N–H and O–H groups in total. The molecule has 2 fully saturated rings. The summed E-state index contributed by atoms with van der Waals surface area (Å²) in [5, 5.41) is 4.02. The zero-order valence-electron chi connectivity index (χ0n) is 13.3. The lowest BCUT2D eigenvalue weighted by atomic mass is 10.1. The molecule has 2 aliphatic rings. The summed E-state index contributed by atoms with van der Waals surface area (Å²) in [5.41, 5.74) is 0. The average molecular weight is 307 g/mol. The minimum absolute atomic E-state index is 0.0434. The van der Waals surface area contributed by atoms with E-state index in [-0.39, 0.29) is 11.9 Å². The molecule has 1 aromatic heterocycles. The monoisotopic (exact) mass is 307 g/mol. The summed E-state index contributed by atoms with van der Waals surface area (Å²) >= 11 is 0. The number of hydrogen-bond donors (Lipinski definition) is 0. The Hall–Kier alpha value is -1.43. The zero-order valence-corrected chi connectivity index (χ0v) is 13.3. The molecule has 1 amide bonds. The first kappa shape index (κ1) is 15.5. The van der Waals surface area contributed by atoms with E-state index in [1.54, 1.807) is 6.92 Å². The number of hydrogen-bond acceptors (Lipinski definition) is 5. The Bertz CT molecular complexity index is 497. The Morgan fingerprint density at radius 1 is 1.32 bits per heavy atom. The van der Waals surface area contributed by atoms with Crippen molar-refractivity contribution >= 4 is 5.91 Å². The number of carbonyl (C=O) groups is 1. The molecule has 6 nitrogen and oxygen atoms in total. The van der Waals surface area contributed by atoms with Gasteiger partial charge in [0.05, 0.1) is 6.61 Å². The van der Waals surface area contributed by atoms with Crippen molar-refractivity contribution in [3.8, 4) is 0 Å². The third-order valence-electron chi connectivity index (χ3n) is 4.72. The normalized spacial score (nSPS) is 22.6. The Morgan fingerprint density at radius 2 is 2.14 bits per heavy atom. The van der Waals surface area contributed by atoms with Crippen LogP contribution in [0.25, 0.3) is 0 Å². The fraction of sp³-hybridized carbons (Fsp3) is 0.812. The van der Waals surface area contributed by atoms with Crippen LogP contribution >= 0.6 is 0 Å². The number of amides is 1. The Kier molecular flexibility index (Phi) is 5.08. The van der Waals surface area contributed by atoms with Crippen molar-refractivity contribution in [3.05, 3.63) is 11.7 Å². The largest absolute Gasteiger partial charge is 0.381 e. The summed E-state index contributed by atoms with van der Waals surface area (Å²) in [7, 11) is 0.